The molecule has 7 heteroatoms. The first-order chi connectivity index (χ1) is 9.09. The van der Waals surface area contributed by atoms with E-state index in [-0.39, 0.29) is 0 Å². The number of carboxylic acids is 1. The number of ketones is 1. The van der Waals surface area contributed by atoms with Crippen LogP contribution in [0.1, 0.15) is 18.9 Å². The molecule has 0 fully saturated rings. The van der Waals surface area contributed by atoms with E-state index in [1.807, 2.05) is 0 Å². The molecule has 0 heterocycles. The molecule has 0 aromatic heterocycles. The second-order valence-corrected chi connectivity index (χ2v) is 4.43. The van der Waals surface area contributed by atoms with Gasteiger partial charge in [0.1, 0.15) is 11.7 Å². The predicted molar refractivity (Wildman–Crippen MR) is 62.8 cm³/mol. The van der Waals surface area contributed by atoms with E-state index in [0.29, 0.717) is 0 Å². The van der Waals surface area contributed by atoms with Crippen molar-refractivity contribution >= 4 is 11.8 Å². The summed E-state index contributed by atoms with van der Waals surface area (Å²) in [6.07, 6.45) is -6.43. The molecule has 110 valence electrons. The molecule has 20 heavy (non-hydrogen) atoms. The van der Waals surface area contributed by atoms with Gasteiger partial charge in [0.25, 0.3) is 0 Å². The van der Waals surface area contributed by atoms with E-state index in [0.717, 1.165) is 19.1 Å². The number of carboxylic acid groups (broad SMARTS) is 1. The molecule has 0 radical (unpaired) electrons. The van der Waals surface area contributed by atoms with Gasteiger partial charge in [-0.05, 0) is 12.5 Å². The van der Waals surface area contributed by atoms with Crippen LogP contribution in [0.25, 0.3) is 0 Å². The molecular weight excluding hydrogens is 277 g/mol. The van der Waals surface area contributed by atoms with Crippen molar-refractivity contribution in [3.63, 3.8) is 0 Å². The van der Waals surface area contributed by atoms with Gasteiger partial charge in [-0.1, -0.05) is 30.3 Å². The van der Waals surface area contributed by atoms with Crippen LogP contribution in [-0.4, -0.2) is 28.1 Å². The van der Waals surface area contributed by atoms with Crippen molar-refractivity contribution in [3.8, 4) is 0 Å². The Labute approximate surface area is 112 Å². The fraction of sp³-hybridized carbons (Fsp3) is 0.385. The summed E-state index contributed by atoms with van der Waals surface area (Å²) in [6.45, 7) is 0.979. The summed E-state index contributed by atoms with van der Waals surface area (Å²) in [4.78, 5) is 22.2. The summed E-state index contributed by atoms with van der Waals surface area (Å²) in [5.74, 6) is -4.35. The minimum Gasteiger partial charge on any atom is -0.481 e. The van der Waals surface area contributed by atoms with Gasteiger partial charge in [0.2, 0.25) is 0 Å². The number of benzene rings is 1. The van der Waals surface area contributed by atoms with Gasteiger partial charge in [-0.15, -0.1) is 0 Å². The summed E-state index contributed by atoms with van der Waals surface area (Å²) in [5.41, 5.74) is -3.90. The summed E-state index contributed by atoms with van der Waals surface area (Å²) < 4.78 is 39.2. The number of Topliss-reactive ketones (excluding diaryl/α,β-unsaturated/α-hetero) is 1. The zero-order chi connectivity index (χ0) is 15.6. The van der Waals surface area contributed by atoms with E-state index in [4.69, 9.17) is 5.11 Å². The van der Waals surface area contributed by atoms with E-state index in [1.54, 1.807) is 0 Å². The highest BCUT2D eigenvalue weighted by Gasteiger charge is 2.56. The van der Waals surface area contributed by atoms with Gasteiger partial charge in [-0.25, -0.2) is 0 Å². The van der Waals surface area contributed by atoms with E-state index >= 15 is 0 Å². The smallest absolute Gasteiger partial charge is 0.421 e. The highest BCUT2D eigenvalue weighted by molar-refractivity contribution is 5.98. The number of carbonyl (C=O) groups excluding carboxylic acids is 1. The molecule has 0 saturated heterocycles. The number of hydrogen-bond donors (Lipinski definition) is 2. The second kappa shape index (κ2) is 5.62. The van der Waals surface area contributed by atoms with Gasteiger partial charge in [0.15, 0.2) is 5.60 Å². The third-order valence-electron chi connectivity index (χ3n) is 3.00. The van der Waals surface area contributed by atoms with Crippen LogP contribution < -0.4 is 0 Å². The van der Waals surface area contributed by atoms with Crippen LogP contribution in [0.2, 0.25) is 0 Å². The molecule has 1 rings (SSSR count). The zero-order valence-electron chi connectivity index (χ0n) is 10.5. The van der Waals surface area contributed by atoms with Gasteiger partial charge in [0, 0.05) is 6.42 Å². The fourth-order valence-electron chi connectivity index (χ4n) is 1.62. The van der Waals surface area contributed by atoms with Gasteiger partial charge >= 0.3 is 12.1 Å². The SMILES string of the molecule is CC(C(=O)O)C(=O)CC(O)(c1ccccc1)C(F)(F)F. The number of rotatable bonds is 5. The summed E-state index contributed by atoms with van der Waals surface area (Å²) in [5, 5.41) is 18.5. The lowest BCUT2D eigenvalue weighted by Gasteiger charge is -2.30. The van der Waals surface area contributed by atoms with E-state index in [2.05, 4.69) is 0 Å². The number of halogens is 3. The molecule has 0 spiro atoms. The third-order valence-corrected chi connectivity index (χ3v) is 3.00. The highest BCUT2D eigenvalue weighted by atomic mass is 19.4. The van der Waals surface area contributed by atoms with Gasteiger partial charge in [0.05, 0.1) is 0 Å². The van der Waals surface area contributed by atoms with Crippen molar-refractivity contribution in [1.82, 2.24) is 0 Å². The molecule has 0 amide bonds. The maximum Gasteiger partial charge on any atom is 0.421 e. The normalized spacial score (nSPS) is 16.2. The lowest BCUT2D eigenvalue weighted by Crippen LogP contribution is -2.45. The maximum atomic E-state index is 13.1. The topological polar surface area (TPSA) is 74.6 Å². The van der Waals surface area contributed by atoms with Gasteiger partial charge < -0.3 is 10.2 Å². The Morgan fingerprint density at radius 2 is 1.70 bits per heavy atom. The van der Waals surface area contributed by atoms with E-state index < -0.39 is 41.4 Å². The summed E-state index contributed by atoms with van der Waals surface area (Å²) in [7, 11) is 0. The number of aliphatic carboxylic acids is 1. The van der Waals surface area contributed by atoms with Gasteiger partial charge in [-0.3, -0.25) is 9.59 Å². The van der Waals surface area contributed by atoms with Crippen LogP contribution in [0.4, 0.5) is 13.2 Å². The zero-order valence-corrected chi connectivity index (χ0v) is 10.5. The maximum absolute atomic E-state index is 13.1. The Bertz CT molecular complexity index is 498. The van der Waals surface area contributed by atoms with Crippen molar-refractivity contribution < 1.29 is 33.0 Å². The molecule has 1 aromatic rings. The molecule has 0 aliphatic heterocycles. The van der Waals surface area contributed by atoms with E-state index in [9.17, 15) is 27.9 Å². The van der Waals surface area contributed by atoms with E-state index in [1.165, 1.54) is 18.2 Å². The molecule has 1 aromatic carbocycles. The van der Waals surface area contributed by atoms with Crippen molar-refractivity contribution in [2.24, 2.45) is 5.92 Å². The quantitative estimate of drug-likeness (QED) is 0.815. The number of hydrogen-bond acceptors (Lipinski definition) is 3. The van der Waals surface area contributed by atoms with Crippen molar-refractivity contribution in [2.75, 3.05) is 0 Å². The second-order valence-electron chi connectivity index (χ2n) is 4.43. The molecule has 0 aliphatic carbocycles. The van der Waals surface area contributed by atoms with Crippen LogP contribution in [0.3, 0.4) is 0 Å². The lowest BCUT2D eigenvalue weighted by atomic mass is 9.85. The summed E-state index contributed by atoms with van der Waals surface area (Å²) >= 11 is 0. The van der Waals surface area contributed by atoms with Crippen LogP contribution in [0, 0.1) is 5.92 Å². The van der Waals surface area contributed by atoms with Gasteiger partial charge in [-0.2, -0.15) is 13.2 Å². The Morgan fingerprint density at radius 1 is 1.20 bits per heavy atom. The Morgan fingerprint density at radius 3 is 2.10 bits per heavy atom. The van der Waals surface area contributed by atoms with Crippen molar-refractivity contribution in [2.45, 2.75) is 25.1 Å². The molecule has 2 N–H and O–H groups in total. The number of carbonyl (C=O) groups is 2. The Kier molecular flexibility index (Phi) is 4.54. The molecule has 0 bridgehead atoms. The predicted octanol–water partition coefficient (Wildman–Crippen LogP) is 2.12. The molecule has 0 aliphatic rings. The molecule has 4 nitrogen and oxygen atoms in total. The summed E-state index contributed by atoms with van der Waals surface area (Å²) in [6, 6.07) is 6.11. The van der Waals surface area contributed by atoms with Crippen LogP contribution in [-0.2, 0) is 15.2 Å². The largest absolute Gasteiger partial charge is 0.481 e. The first kappa shape index (κ1) is 16.2. The van der Waals surface area contributed by atoms with Crippen molar-refractivity contribution in [1.29, 1.82) is 0 Å². The Balaban J connectivity index is 3.16. The van der Waals surface area contributed by atoms with Crippen LogP contribution >= 0.6 is 0 Å². The van der Waals surface area contributed by atoms with Crippen LogP contribution in [0.15, 0.2) is 30.3 Å². The van der Waals surface area contributed by atoms with Crippen LogP contribution in [0.5, 0.6) is 0 Å². The number of alkyl halides is 3. The molecule has 2 atom stereocenters. The minimum absolute atomic E-state index is 0.501. The molecule has 0 saturated carbocycles. The molecular formula is C13H13F3O4. The lowest BCUT2D eigenvalue weighted by molar-refractivity contribution is -0.267. The first-order valence-corrected chi connectivity index (χ1v) is 5.69. The Hall–Kier alpha value is -1.89. The minimum atomic E-state index is -5.10. The monoisotopic (exact) mass is 290 g/mol. The highest BCUT2D eigenvalue weighted by Crippen LogP contribution is 2.42. The number of aliphatic hydroxyl groups is 1. The average molecular weight is 290 g/mol. The fourth-order valence-corrected chi connectivity index (χ4v) is 1.62. The molecule has 2 unspecified atom stereocenters. The first-order valence-electron chi connectivity index (χ1n) is 5.69. The standard InChI is InChI=1S/C13H13F3O4/c1-8(11(18)19)10(17)7-12(20,13(14,15)16)9-5-3-2-4-6-9/h2-6,8,20H,7H2,1H3,(H,18,19). The average Bonchev–Trinajstić information content (AvgIpc) is 2.37. The van der Waals surface area contributed by atoms with Crippen molar-refractivity contribution in [3.05, 3.63) is 35.9 Å². The third kappa shape index (κ3) is 3.16.